The second-order valence-corrected chi connectivity index (χ2v) is 5.46. The molecule has 2 aromatic heterocycles. The van der Waals surface area contributed by atoms with E-state index in [0.717, 1.165) is 16.9 Å². The highest BCUT2D eigenvalue weighted by molar-refractivity contribution is 7.14. The Bertz CT molecular complexity index is 599. The van der Waals surface area contributed by atoms with Gasteiger partial charge in [-0.1, -0.05) is 0 Å². The van der Waals surface area contributed by atoms with Crippen molar-refractivity contribution in [1.82, 2.24) is 4.98 Å². The third-order valence-electron chi connectivity index (χ3n) is 1.99. The van der Waals surface area contributed by atoms with Gasteiger partial charge in [0.2, 0.25) is 5.91 Å². The van der Waals surface area contributed by atoms with E-state index in [2.05, 4.69) is 10.3 Å². The van der Waals surface area contributed by atoms with Gasteiger partial charge in [-0.3, -0.25) is 9.59 Å². The minimum Gasteiger partial charge on any atom is -0.302 e. The highest BCUT2D eigenvalue weighted by Gasteiger charge is 2.01. The molecule has 0 fully saturated rings. The third kappa shape index (κ3) is 3.35. The van der Waals surface area contributed by atoms with Gasteiger partial charge in [0.05, 0.1) is 10.6 Å². The number of rotatable bonds is 4. The number of aromatic nitrogens is 1. The van der Waals surface area contributed by atoms with E-state index in [4.69, 9.17) is 0 Å². The molecule has 1 amide bonds. The van der Waals surface area contributed by atoms with Crippen LogP contribution in [-0.4, -0.2) is 17.2 Å². The zero-order valence-electron chi connectivity index (χ0n) is 9.54. The van der Waals surface area contributed by atoms with E-state index in [-0.39, 0.29) is 5.91 Å². The van der Waals surface area contributed by atoms with E-state index in [9.17, 15) is 9.59 Å². The molecule has 0 bridgehead atoms. The molecule has 0 aliphatic carbocycles. The molecule has 18 heavy (non-hydrogen) atoms. The summed E-state index contributed by atoms with van der Waals surface area (Å²) in [7, 11) is 0. The number of hydrogen-bond donors (Lipinski definition) is 1. The van der Waals surface area contributed by atoms with Crippen molar-refractivity contribution in [3.8, 4) is 0 Å². The summed E-state index contributed by atoms with van der Waals surface area (Å²) >= 11 is 2.80. The van der Waals surface area contributed by atoms with Crippen LogP contribution in [0.15, 0.2) is 17.5 Å². The maximum atomic E-state index is 10.8. The van der Waals surface area contributed by atoms with Crippen LogP contribution in [0.25, 0.3) is 12.2 Å². The Morgan fingerprint density at radius 1 is 1.33 bits per heavy atom. The number of anilines is 1. The van der Waals surface area contributed by atoms with Gasteiger partial charge in [0.15, 0.2) is 11.4 Å². The second-order valence-electron chi connectivity index (χ2n) is 3.45. The second kappa shape index (κ2) is 5.70. The Hall–Kier alpha value is -1.79. The first-order chi connectivity index (χ1) is 8.67. The zero-order valence-corrected chi connectivity index (χ0v) is 11.2. The quantitative estimate of drug-likeness (QED) is 0.874. The summed E-state index contributed by atoms with van der Waals surface area (Å²) in [6.45, 7) is 1.45. The summed E-state index contributed by atoms with van der Waals surface area (Å²) in [5.74, 6) is -0.131. The van der Waals surface area contributed by atoms with Gasteiger partial charge in [0.25, 0.3) is 0 Å². The van der Waals surface area contributed by atoms with Crippen molar-refractivity contribution in [2.45, 2.75) is 6.92 Å². The van der Waals surface area contributed by atoms with Gasteiger partial charge in [-0.05, 0) is 24.3 Å². The molecule has 92 valence electrons. The first kappa shape index (κ1) is 12.7. The van der Waals surface area contributed by atoms with Crippen LogP contribution >= 0.6 is 22.7 Å². The molecule has 0 saturated carbocycles. The van der Waals surface area contributed by atoms with Gasteiger partial charge in [-0.2, -0.15) is 0 Å². The lowest BCUT2D eigenvalue weighted by Gasteiger charge is -1.92. The first-order valence-corrected chi connectivity index (χ1v) is 6.83. The fraction of sp³-hybridized carbons (Fsp3) is 0.0833. The molecule has 6 heteroatoms. The van der Waals surface area contributed by atoms with E-state index < -0.39 is 0 Å². The molecule has 0 aliphatic heterocycles. The number of thiazole rings is 1. The first-order valence-electron chi connectivity index (χ1n) is 5.13. The van der Waals surface area contributed by atoms with Crippen LogP contribution in [0.2, 0.25) is 0 Å². The van der Waals surface area contributed by atoms with Crippen LogP contribution in [0.3, 0.4) is 0 Å². The van der Waals surface area contributed by atoms with Gasteiger partial charge in [-0.25, -0.2) is 4.98 Å². The maximum Gasteiger partial charge on any atom is 0.223 e. The largest absolute Gasteiger partial charge is 0.302 e. The van der Waals surface area contributed by atoms with Crippen molar-refractivity contribution in [1.29, 1.82) is 0 Å². The summed E-state index contributed by atoms with van der Waals surface area (Å²) in [6.07, 6.45) is 4.58. The predicted molar refractivity (Wildman–Crippen MR) is 75.1 cm³/mol. The Morgan fingerprint density at radius 2 is 2.11 bits per heavy atom. The van der Waals surface area contributed by atoms with Crippen LogP contribution in [0.1, 0.15) is 27.2 Å². The molecule has 2 aromatic rings. The molecule has 0 aromatic carbocycles. The van der Waals surface area contributed by atoms with Crippen molar-refractivity contribution < 1.29 is 9.59 Å². The SMILES string of the molecule is CC(=O)Nc1nc(/C=C/c2ccc(C=O)s2)cs1. The van der Waals surface area contributed by atoms with E-state index in [0.29, 0.717) is 10.0 Å². The van der Waals surface area contributed by atoms with Crippen LogP contribution in [0, 0.1) is 0 Å². The number of hydrogen-bond acceptors (Lipinski definition) is 5. The number of nitrogens with zero attached hydrogens (tertiary/aromatic N) is 1. The molecule has 0 saturated heterocycles. The van der Waals surface area contributed by atoms with Gasteiger partial charge in [0, 0.05) is 17.2 Å². The average Bonchev–Trinajstić information content (AvgIpc) is 2.94. The average molecular weight is 278 g/mol. The third-order valence-corrected chi connectivity index (χ3v) is 3.74. The summed E-state index contributed by atoms with van der Waals surface area (Å²) in [6, 6.07) is 3.66. The zero-order chi connectivity index (χ0) is 13.0. The summed E-state index contributed by atoms with van der Waals surface area (Å²) in [5.41, 5.74) is 0.782. The topological polar surface area (TPSA) is 59.1 Å². The Balaban J connectivity index is 2.06. The standard InChI is InChI=1S/C12H10N2O2S2/c1-8(16)13-12-14-9(7-17-12)2-3-10-4-5-11(6-15)18-10/h2-7H,1H3,(H,13,14,16)/b3-2+. The lowest BCUT2D eigenvalue weighted by atomic mass is 10.3. The highest BCUT2D eigenvalue weighted by atomic mass is 32.1. The number of amides is 1. The number of carbonyl (C=O) groups excluding carboxylic acids is 2. The molecule has 1 N–H and O–H groups in total. The van der Waals surface area contributed by atoms with Crippen LogP contribution in [-0.2, 0) is 4.79 Å². The minimum atomic E-state index is -0.131. The van der Waals surface area contributed by atoms with Crippen molar-refractivity contribution in [2.24, 2.45) is 0 Å². The van der Waals surface area contributed by atoms with E-state index in [1.165, 1.54) is 29.6 Å². The molecule has 0 atom stereocenters. The normalized spacial score (nSPS) is 10.7. The summed E-state index contributed by atoms with van der Waals surface area (Å²) < 4.78 is 0. The molecule has 0 unspecified atom stereocenters. The Morgan fingerprint density at radius 3 is 2.78 bits per heavy atom. The minimum absolute atomic E-state index is 0.131. The lowest BCUT2D eigenvalue weighted by molar-refractivity contribution is -0.114. The lowest BCUT2D eigenvalue weighted by Crippen LogP contribution is -2.04. The molecule has 2 rings (SSSR count). The van der Waals surface area contributed by atoms with Crippen LogP contribution in [0.5, 0.6) is 0 Å². The Labute approximate surface area is 112 Å². The fourth-order valence-electron chi connectivity index (χ4n) is 1.26. The Kier molecular flexibility index (Phi) is 4.01. The number of aldehydes is 1. The molecule has 0 radical (unpaired) electrons. The molecule has 0 aliphatic rings. The molecular formula is C12H10N2O2S2. The summed E-state index contributed by atoms with van der Waals surface area (Å²) in [5, 5.41) is 5.07. The highest BCUT2D eigenvalue weighted by Crippen LogP contribution is 2.20. The molecule has 4 nitrogen and oxygen atoms in total. The van der Waals surface area contributed by atoms with Gasteiger partial charge in [0.1, 0.15) is 0 Å². The molecule has 2 heterocycles. The van der Waals surface area contributed by atoms with Crippen molar-refractivity contribution >= 4 is 52.2 Å². The van der Waals surface area contributed by atoms with Crippen LogP contribution < -0.4 is 5.32 Å². The maximum absolute atomic E-state index is 10.8. The van der Waals surface area contributed by atoms with Gasteiger partial charge in [-0.15, -0.1) is 22.7 Å². The van der Waals surface area contributed by atoms with E-state index in [1.807, 2.05) is 23.6 Å². The fourth-order valence-corrected chi connectivity index (χ4v) is 2.71. The van der Waals surface area contributed by atoms with Crippen molar-refractivity contribution in [3.63, 3.8) is 0 Å². The smallest absolute Gasteiger partial charge is 0.223 e. The van der Waals surface area contributed by atoms with Crippen molar-refractivity contribution in [3.05, 3.63) is 33.0 Å². The number of thiophene rings is 1. The van der Waals surface area contributed by atoms with Gasteiger partial charge >= 0.3 is 0 Å². The molecule has 0 spiro atoms. The van der Waals surface area contributed by atoms with E-state index >= 15 is 0 Å². The van der Waals surface area contributed by atoms with E-state index in [1.54, 1.807) is 6.07 Å². The number of nitrogens with one attached hydrogen (secondary N) is 1. The molecular weight excluding hydrogens is 268 g/mol. The van der Waals surface area contributed by atoms with Crippen LogP contribution in [0.4, 0.5) is 5.13 Å². The van der Waals surface area contributed by atoms with Gasteiger partial charge < -0.3 is 5.32 Å². The predicted octanol–water partition coefficient (Wildman–Crippen LogP) is 3.15. The monoisotopic (exact) mass is 278 g/mol. The number of carbonyl (C=O) groups is 2. The van der Waals surface area contributed by atoms with Crippen molar-refractivity contribution in [2.75, 3.05) is 5.32 Å². The summed E-state index contributed by atoms with van der Waals surface area (Å²) in [4.78, 5) is 27.3.